The molecule has 2 N–H and O–H groups in total. The molecule has 1 rings (SSSR count). The van der Waals surface area contributed by atoms with Gasteiger partial charge in [0.1, 0.15) is 11.6 Å². The molecular formula is C10H12N2O3. The minimum Gasteiger partial charge on any atom is -0.493 e. The van der Waals surface area contributed by atoms with Crippen molar-refractivity contribution in [2.75, 3.05) is 0 Å². The normalized spacial score (nSPS) is 12.1. The van der Waals surface area contributed by atoms with Crippen LogP contribution < -0.4 is 5.56 Å². The summed E-state index contributed by atoms with van der Waals surface area (Å²) in [5.74, 6) is -0.386. The number of aryl methyl sites for hydroxylation is 1. The first kappa shape index (κ1) is 11.3. The summed E-state index contributed by atoms with van der Waals surface area (Å²) >= 11 is 0. The Balaban J connectivity index is 3.41. The van der Waals surface area contributed by atoms with Crippen LogP contribution in [-0.4, -0.2) is 20.9 Å². The Morgan fingerprint density at radius 1 is 1.67 bits per heavy atom. The van der Waals surface area contributed by atoms with E-state index >= 15 is 0 Å². The Hall–Kier alpha value is -1.80. The summed E-state index contributed by atoms with van der Waals surface area (Å²) < 4.78 is 0.982. The summed E-state index contributed by atoms with van der Waals surface area (Å²) in [6, 6.07) is 3.08. The number of hydrogen-bond donors (Lipinski definition) is 2. The van der Waals surface area contributed by atoms with E-state index in [4.69, 9.17) is 10.4 Å². The zero-order valence-corrected chi connectivity index (χ0v) is 8.56. The van der Waals surface area contributed by atoms with Gasteiger partial charge >= 0.3 is 0 Å². The summed E-state index contributed by atoms with van der Waals surface area (Å²) in [5, 5.41) is 27.5. The average molecular weight is 208 g/mol. The van der Waals surface area contributed by atoms with Gasteiger partial charge in [-0.3, -0.25) is 9.36 Å². The molecule has 0 aromatic carbocycles. The summed E-state index contributed by atoms with van der Waals surface area (Å²) in [4.78, 5) is 11.4. The molecule has 1 aromatic rings. The van der Waals surface area contributed by atoms with Crippen molar-refractivity contribution in [1.29, 1.82) is 5.26 Å². The molecule has 0 fully saturated rings. The van der Waals surface area contributed by atoms with Crippen LogP contribution >= 0.6 is 0 Å². The van der Waals surface area contributed by atoms with E-state index in [0.29, 0.717) is 5.56 Å². The van der Waals surface area contributed by atoms with Crippen molar-refractivity contribution in [3.8, 4) is 11.9 Å². The van der Waals surface area contributed by atoms with E-state index in [-0.39, 0.29) is 18.0 Å². The van der Waals surface area contributed by atoms with Crippen LogP contribution in [0.4, 0.5) is 0 Å². The lowest BCUT2D eigenvalue weighted by Gasteiger charge is -2.12. The van der Waals surface area contributed by atoms with Gasteiger partial charge in [0.25, 0.3) is 5.56 Å². The van der Waals surface area contributed by atoms with E-state index in [2.05, 4.69) is 0 Å². The highest BCUT2D eigenvalue weighted by Crippen LogP contribution is 2.17. The zero-order chi connectivity index (χ0) is 11.6. The van der Waals surface area contributed by atoms with Gasteiger partial charge in [-0.1, -0.05) is 0 Å². The summed E-state index contributed by atoms with van der Waals surface area (Å²) in [6.07, 6.45) is -0.761. The molecule has 0 saturated carbocycles. The number of pyridine rings is 1. The van der Waals surface area contributed by atoms with Gasteiger partial charge in [0.2, 0.25) is 5.88 Å². The molecular weight excluding hydrogens is 196 g/mol. The fourth-order valence-electron chi connectivity index (χ4n) is 1.33. The summed E-state index contributed by atoms with van der Waals surface area (Å²) in [7, 11) is 0. The highest BCUT2D eigenvalue weighted by molar-refractivity contribution is 5.43. The molecule has 15 heavy (non-hydrogen) atoms. The van der Waals surface area contributed by atoms with Crippen LogP contribution in [0.15, 0.2) is 10.9 Å². The van der Waals surface area contributed by atoms with Crippen molar-refractivity contribution in [3.05, 3.63) is 27.5 Å². The lowest BCUT2D eigenvalue weighted by atomic mass is 10.1. The first-order valence-corrected chi connectivity index (χ1v) is 4.49. The van der Waals surface area contributed by atoms with Crippen molar-refractivity contribution in [3.63, 3.8) is 0 Å². The Kier molecular flexibility index (Phi) is 3.12. The zero-order valence-electron chi connectivity index (χ0n) is 8.56. The molecule has 0 amide bonds. The van der Waals surface area contributed by atoms with Crippen LogP contribution in [0, 0.1) is 18.3 Å². The topological polar surface area (TPSA) is 86.2 Å². The second kappa shape index (κ2) is 4.15. The molecule has 0 radical (unpaired) electrons. The van der Waals surface area contributed by atoms with Gasteiger partial charge in [-0.2, -0.15) is 5.26 Å². The third-order valence-corrected chi connectivity index (χ3v) is 2.04. The Morgan fingerprint density at radius 2 is 2.27 bits per heavy atom. The Bertz CT molecular complexity index is 469. The predicted octanol–water partition coefficient (Wildman–Crippen LogP) is 0.115. The Labute approximate surface area is 86.8 Å². The average Bonchev–Trinajstić information content (AvgIpc) is 2.12. The predicted molar refractivity (Wildman–Crippen MR) is 53.5 cm³/mol. The molecule has 0 unspecified atom stereocenters. The molecule has 0 aliphatic rings. The first-order chi connectivity index (χ1) is 6.97. The summed E-state index contributed by atoms with van der Waals surface area (Å²) in [6.45, 7) is 3.05. The van der Waals surface area contributed by atoms with E-state index in [0.717, 1.165) is 4.57 Å². The van der Waals surface area contributed by atoms with Crippen molar-refractivity contribution in [1.82, 2.24) is 4.57 Å². The van der Waals surface area contributed by atoms with Gasteiger partial charge in [-0.05, 0) is 19.4 Å². The van der Waals surface area contributed by atoms with Crippen LogP contribution in [-0.2, 0) is 6.54 Å². The van der Waals surface area contributed by atoms with Crippen molar-refractivity contribution in [2.24, 2.45) is 0 Å². The molecule has 80 valence electrons. The second-order valence-electron chi connectivity index (χ2n) is 3.44. The standard InChI is InChI=1S/C10H12N2O3/c1-6-3-9(14)12(5-7(2)13)10(15)8(6)4-11/h3,7,13,15H,5H2,1-2H3/t7-/m0/s1. The number of nitrogens with zero attached hydrogens (tertiary/aromatic N) is 2. The van der Waals surface area contributed by atoms with Gasteiger partial charge in [-0.15, -0.1) is 0 Å². The van der Waals surface area contributed by atoms with E-state index < -0.39 is 11.7 Å². The number of rotatable bonds is 2. The van der Waals surface area contributed by atoms with E-state index in [1.165, 1.54) is 13.0 Å². The molecule has 0 spiro atoms. The highest BCUT2D eigenvalue weighted by atomic mass is 16.3. The minimum atomic E-state index is -0.761. The van der Waals surface area contributed by atoms with Crippen LogP contribution in [0.25, 0.3) is 0 Å². The maximum Gasteiger partial charge on any atom is 0.253 e. The third-order valence-electron chi connectivity index (χ3n) is 2.04. The maximum absolute atomic E-state index is 11.4. The number of aliphatic hydroxyl groups is 1. The van der Waals surface area contributed by atoms with Crippen molar-refractivity contribution in [2.45, 2.75) is 26.5 Å². The number of aromatic nitrogens is 1. The fourth-order valence-corrected chi connectivity index (χ4v) is 1.33. The van der Waals surface area contributed by atoms with E-state index in [1.807, 2.05) is 6.07 Å². The number of hydrogen-bond acceptors (Lipinski definition) is 4. The monoisotopic (exact) mass is 208 g/mol. The van der Waals surface area contributed by atoms with Crippen molar-refractivity contribution >= 4 is 0 Å². The lowest BCUT2D eigenvalue weighted by Crippen LogP contribution is -2.25. The van der Waals surface area contributed by atoms with Gasteiger partial charge in [-0.25, -0.2) is 0 Å². The molecule has 0 bridgehead atoms. The minimum absolute atomic E-state index is 0.0281. The van der Waals surface area contributed by atoms with E-state index in [9.17, 15) is 9.90 Å². The smallest absolute Gasteiger partial charge is 0.253 e. The fraction of sp³-hybridized carbons (Fsp3) is 0.400. The van der Waals surface area contributed by atoms with E-state index in [1.54, 1.807) is 6.92 Å². The number of aliphatic hydroxyl groups excluding tert-OH is 1. The Morgan fingerprint density at radius 3 is 2.73 bits per heavy atom. The van der Waals surface area contributed by atoms with Crippen LogP contribution in [0.1, 0.15) is 18.1 Å². The molecule has 1 atom stereocenters. The second-order valence-corrected chi connectivity index (χ2v) is 3.44. The van der Waals surface area contributed by atoms with Crippen molar-refractivity contribution < 1.29 is 10.2 Å². The molecule has 1 aromatic heterocycles. The maximum atomic E-state index is 11.4. The highest BCUT2D eigenvalue weighted by Gasteiger charge is 2.13. The molecule has 0 aliphatic heterocycles. The molecule has 0 saturated heterocycles. The molecule has 5 nitrogen and oxygen atoms in total. The van der Waals surface area contributed by atoms with Gasteiger partial charge in [0, 0.05) is 6.07 Å². The molecule has 0 aliphatic carbocycles. The van der Waals surface area contributed by atoms with Crippen LogP contribution in [0.5, 0.6) is 5.88 Å². The third kappa shape index (κ3) is 2.17. The number of nitriles is 1. The first-order valence-electron chi connectivity index (χ1n) is 4.49. The van der Waals surface area contributed by atoms with Crippen LogP contribution in [0.2, 0.25) is 0 Å². The van der Waals surface area contributed by atoms with Gasteiger partial charge in [0.05, 0.1) is 12.6 Å². The largest absolute Gasteiger partial charge is 0.493 e. The van der Waals surface area contributed by atoms with Gasteiger partial charge < -0.3 is 10.2 Å². The quantitative estimate of drug-likeness (QED) is 0.722. The number of aromatic hydroxyl groups is 1. The summed E-state index contributed by atoms with van der Waals surface area (Å²) in [5.41, 5.74) is 0.0713. The SMILES string of the molecule is Cc1cc(=O)n(C[C@H](C)O)c(O)c1C#N. The lowest BCUT2D eigenvalue weighted by molar-refractivity contribution is 0.167. The van der Waals surface area contributed by atoms with Crippen LogP contribution in [0.3, 0.4) is 0 Å². The van der Waals surface area contributed by atoms with Gasteiger partial charge in [0.15, 0.2) is 0 Å². The molecule has 1 heterocycles. The molecule has 5 heteroatoms.